The van der Waals surface area contributed by atoms with Gasteiger partial charge in [0.2, 0.25) is 5.91 Å². The van der Waals surface area contributed by atoms with Crippen molar-refractivity contribution < 1.29 is 17.9 Å². The van der Waals surface area contributed by atoms with Gasteiger partial charge in [0, 0.05) is 0 Å². The largest absolute Gasteiger partial charge is 0.492 e. The first-order chi connectivity index (χ1) is 16.5. The second-order valence-electron chi connectivity index (χ2n) is 9.59. The van der Waals surface area contributed by atoms with Gasteiger partial charge in [-0.05, 0) is 60.7 Å². The van der Waals surface area contributed by atoms with Crippen molar-refractivity contribution in [2.45, 2.75) is 44.9 Å². The van der Waals surface area contributed by atoms with E-state index >= 15 is 0 Å². The van der Waals surface area contributed by atoms with E-state index in [2.05, 4.69) is 26.1 Å². The number of hydrogen-bond donors (Lipinski definition) is 1. The van der Waals surface area contributed by atoms with Crippen molar-refractivity contribution in [1.82, 2.24) is 5.32 Å². The molecule has 0 heterocycles. The molecular formula is C28H34N2O4S. The van der Waals surface area contributed by atoms with Gasteiger partial charge in [0.1, 0.15) is 18.9 Å². The van der Waals surface area contributed by atoms with E-state index in [9.17, 15) is 13.2 Å². The number of nitrogens with one attached hydrogen (secondary N) is 1. The lowest BCUT2D eigenvalue weighted by molar-refractivity contribution is -0.119. The van der Waals surface area contributed by atoms with E-state index in [1.165, 1.54) is 22.0 Å². The molecule has 0 fully saturated rings. The summed E-state index contributed by atoms with van der Waals surface area (Å²) in [6.07, 6.45) is 0. The van der Waals surface area contributed by atoms with Crippen LogP contribution in [0.5, 0.6) is 5.75 Å². The molecule has 0 aliphatic heterocycles. The minimum absolute atomic E-state index is 0.0638. The van der Waals surface area contributed by atoms with Gasteiger partial charge >= 0.3 is 0 Å². The van der Waals surface area contributed by atoms with Crippen molar-refractivity contribution in [2.24, 2.45) is 0 Å². The number of sulfonamides is 1. The predicted molar refractivity (Wildman–Crippen MR) is 141 cm³/mol. The van der Waals surface area contributed by atoms with Crippen molar-refractivity contribution in [2.75, 3.05) is 24.0 Å². The number of ether oxygens (including phenoxy) is 1. The fraction of sp³-hybridized carbons (Fsp3) is 0.321. The molecular weight excluding hydrogens is 460 g/mol. The van der Waals surface area contributed by atoms with E-state index < -0.39 is 15.9 Å². The third-order valence-corrected chi connectivity index (χ3v) is 7.43. The monoisotopic (exact) mass is 494 g/mol. The number of anilines is 1. The molecule has 1 amide bonds. The molecule has 3 aromatic carbocycles. The summed E-state index contributed by atoms with van der Waals surface area (Å²) in [6, 6.07) is 21.5. The highest BCUT2D eigenvalue weighted by molar-refractivity contribution is 7.92. The van der Waals surface area contributed by atoms with E-state index in [0.29, 0.717) is 5.69 Å². The number of rotatable bonds is 9. The van der Waals surface area contributed by atoms with Gasteiger partial charge in [-0.3, -0.25) is 9.10 Å². The molecule has 0 aromatic heterocycles. The smallest absolute Gasteiger partial charge is 0.264 e. The van der Waals surface area contributed by atoms with E-state index in [-0.39, 0.29) is 30.0 Å². The maximum Gasteiger partial charge on any atom is 0.264 e. The average Bonchev–Trinajstić information content (AvgIpc) is 2.81. The van der Waals surface area contributed by atoms with E-state index in [0.717, 1.165) is 16.9 Å². The SMILES string of the molecule is Cc1ccc(N(CC(=O)NCCOc2ccc(C(C)(C)C)cc2)S(=O)(=O)c2ccccc2)c(C)c1. The van der Waals surface area contributed by atoms with Gasteiger partial charge in [0.05, 0.1) is 17.1 Å². The Morgan fingerprint density at radius 1 is 0.943 bits per heavy atom. The molecule has 0 aliphatic rings. The first kappa shape index (κ1) is 26.3. The predicted octanol–water partition coefficient (Wildman–Crippen LogP) is 4.99. The van der Waals surface area contributed by atoms with E-state index in [1.807, 2.05) is 50.2 Å². The Morgan fingerprint density at radius 3 is 2.20 bits per heavy atom. The van der Waals surface area contributed by atoms with Crippen LogP contribution in [0.25, 0.3) is 0 Å². The molecule has 3 rings (SSSR count). The molecule has 1 N–H and O–H groups in total. The minimum atomic E-state index is -3.93. The fourth-order valence-electron chi connectivity index (χ4n) is 3.70. The Hall–Kier alpha value is -3.32. The maximum atomic E-state index is 13.4. The molecule has 3 aromatic rings. The molecule has 0 spiro atoms. The Labute approximate surface area is 209 Å². The fourth-order valence-corrected chi connectivity index (χ4v) is 5.21. The summed E-state index contributed by atoms with van der Waals surface area (Å²) in [7, 11) is -3.93. The van der Waals surface area contributed by atoms with Crippen molar-refractivity contribution in [3.05, 3.63) is 89.5 Å². The van der Waals surface area contributed by atoms with Crippen LogP contribution >= 0.6 is 0 Å². The van der Waals surface area contributed by atoms with Gasteiger partial charge in [-0.15, -0.1) is 0 Å². The summed E-state index contributed by atoms with van der Waals surface area (Å²) in [5.41, 5.74) is 3.54. The topological polar surface area (TPSA) is 75.7 Å². The Balaban J connectivity index is 1.67. The zero-order valence-corrected chi connectivity index (χ0v) is 21.9. The molecule has 35 heavy (non-hydrogen) atoms. The zero-order chi connectivity index (χ0) is 25.6. The number of aryl methyl sites for hydroxylation is 2. The molecule has 0 aliphatic carbocycles. The Bertz CT molecular complexity index is 1250. The third-order valence-electron chi connectivity index (χ3n) is 5.65. The number of carbonyl (C=O) groups is 1. The summed E-state index contributed by atoms with van der Waals surface area (Å²) in [5.74, 6) is 0.312. The highest BCUT2D eigenvalue weighted by atomic mass is 32.2. The first-order valence-corrected chi connectivity index (χ1v) is 13.1. The van der Waals surface area contributed by atoms with Gasteiger partial charge in [-0.25, -0.2) is 8.42 Å². The summed E-state index contributed by atoms with van der Waals surface area (Å²) >= 11 is 0. The molecule has 0 bridgehead atoms. The molecule has 186 valence electrons. The average molecular weight is 495 g/mol. The maximum absolute atomic E-state index is 13.4. The van der Waals surface area contributed by atoms with Crippen LogP contribution in [0.1, 0.15) is 37.5 Å². The molecule has 0 saturated carbocycles. The number of carbonyl (C=O) groups excluding carboxylic acids is 1. The van der Waals surface area contributed by atoms with Gasteiger partial charge < -0.3 is 10.1 Å². The Morgan fingerprint density at radius 2 is 1.60 bits per heavy atom. The minimum Gasteiger partial charge on any atom is -0.492 e. The summed E-state index contributed by atoms with van der Waals surface area (Å²) in [5, 5.41) is 2.77. The zero-order valence-electron chi connectivity index (χ0n) is 21.0. The van der Waals surface area contributed by atoms with Crippen LogP contribution in [-0.2, 0) is 20.2 Å². The number of nitrogens with zero attached hydrogens (tertiary/aromatic N) is 1. The lowest BCUT2D eigenvalue weighted by Gasteiger charge is -2.26. The summed E-state index contributed by atoms with van der Waals surface area (Å²) in [6.45, 7) is 10.4. The van der Waals surface area contributed by atoms with Crippen LogP contribution in [0.4, 0.5) is 5.69 Å². The molecule has 0 unspecified atom stereocenters. The van der Waals surface area contributed by atoms with Crippen molar-refractivity contribution in [3.8, 4) is 5.75 Å². The van der Waals surface area contributed by atoms with Gasteiger partial charge in [-0.2, -0.15) is 0 Å². The van der Waals surface area contributed by atoms with Crippen molar-refractivity contribution in [3.63, 3.8) is 0 Å². The van der Waals surface area contributed by atoms with Crippen LogP contribution < -0.4 is 14.4 Å². The van der Waals surface area contributed by atoms with Crippen LogP contribution in [0.15, 0.2) is 77.7 Å². The lowest BCUT2D eigenvalue weighted by atomic mass is 9.87. The van der Waals surface area contributed by atoms with Crippen molar-refractivity contribution in [1.29, 1.82) is 0 Å². The normalized spacial score (nSPS) is 11.7. The molecule has 6 nitrogen and oxygen atoms in total. The van der Waals surface area contributed by atoms with Crippen LogP contribution in [0.3, 0.4) is 0 Å². The standard InChI is InChI=1S/C28H34N2O4S/c1-21-11-16-26(22(2)19-21)30(35(32,33)25-9-7-6-8-10-25)20-27(31)29-17-18-34-24-14-12-23(13-15-24)28(3,4)5/h6-16,19H,17-18,20H2,1-5H3,(H,29,31). The molecule has 0 radical (unpaired) electrons. The quantitative estimate of drug-likeness (QED) is 0.425. The number of benzene rings is 3. The highest BCUT2D eigenvalue weighted by Gasteiger charge is 2.28. The number of hydrogen-bond acceptors (Lipinski definition) is 4. The van der Waals surface area contributed by atoms with E-state index in [4.69, 9.17) is 4.74 Å². The van der Waals surface area contributed by atoms with Crippen molar-refractivity contribution >= 4 is 21.6 Å². The second-order valence-corrected chi connectivity index (χ2v) is 11.4. The highest BCUT2D eigenvalue weighted by Crippen LogP contribution is 2.27. The third kappa shape index (κ3) is 6.85. The molecule has 0 atom stereocenters. The Kier molecular flexibility index (Phi) is 8.22. The van der Waals surface area contributed by atoms with Gasteiger partial charge in [0.15, 0.2) is 0 Å². The molecule has 7 heteroatoms. The van der Waals surface area contributed by atoms with Crippen LogP contribution in [-0.4, -0.2) is 34.0 Å². The van der Waals surface area contributed by atoms with Crippen LogP contribution in [0.2, 0.25) is 0 Å². The first-order valence-electron chi connectivity index (χ1n) is 11.6. The summed E-state index contributed by atoms with van der Waals surface area (Å²) < 4.78 is 33.8. The van der Waals surface area contributed by atoms with Gasteiger partial charge in [0.25, 0.3) is 10.0 Å². The van der Waals surface area contributed by atoms with Gasteiger partial charge in [-0.1, -0.05) is 68.8 Å². The lowest BCUT2D eigenvalue weighted by Crippen LogP contribution is -2.42. The van der Waals surface area contributed by atoms with E-state index in [1.54, 1.807) is 24.3 Å². The van der Waals surface area contributed by atoms with Crippen LogP contribution in [0, 0.1) is 13.8 Å². The molecule has 0 saturated heterocycles. The summed E-state index contributed by atoms with van der Waals surface area (Å²) in [4.78, 5) is 12.9. The number of amides is 1. The second kappa shape index (κ2) is 11.0.